The minimum atomic E-state index is -0.526. The molecule has 0 aliphatic heterocycles. The summed E-state index contributed by atoms with van der Waals surface area (Å²) in [7, 11) is 0. The molecule has 2 atom stereocenters. The summed E-state index contributed by atoms with van der Waals surface area (Å²) < 4.78 is 0.0323. The van der Waals surface area contributed by atoms with E-state index in [2.05, 4.69) is 42.5 Å². The third kappa shape index (κ3) is 9.15. The zero-order chi connectivity index (χ0) is 27.3. The van der Waals surface area contributed by atoms with E-state index >= 15 is 0 Å². The van der Waals surface area contributed by atoms with Gasteiger partial charge in [0.05, 0.1) is 0 Å². The molecule has 0 saturated heterocycles. The van der Waals surface area contributed by atoms with Crippen molar-refractivity contribution < 1.29 is 0 Å². The fourth-order valence-corrected chi connectivity index (χ4v) is 4.51. The van der Waals surface area contributed by atoms with Crippen molar-refractivity contribution in [1.82, 2.24) is 0 Å². The number of alkyl halides is 1. The molecule has 1 unspecified atom stereocenters. The molecule has 196 valence electrons. The molecule has 0 aromatic heterocycles. The maximum absolute atomic E-state index is 6.61. The highest BCUT2D eigenvalue weighted by Gasteiger charge is 2.13. The fraction of sp³-hybridized carbons (Fsp3) is 0.219. The van der Waals surface area contributed by atoms with Gasteiger partial charge in [0.15, 0.2) is 5.84 Å². The predicted molar refractivity (Wildman–Crippen MR) is 173 cm³/mol. The Morgan fingerprint density at radius 1 is 1.00 bits per heavy atom. The van der Waals surface area contributed by atoms with Gasteiger partial charge >= 0.3 is 0 Å². The molecular formula is C32H34ClIN4. The van der Waals surface area contributed by atoms with Crippen molar-refractivity contribution in [2.45, 2.75) is 43.8 Å². The Kier molecular flexibility index (Phi) is 12.1. The largest absolute Gasteiger partial charge is 0.306 e. The van der Waals surface area contributed by atoms with Crippen molar-refractivity contribution in [2.75, 3.05) is 0 Å². The maximum atomic E-state index is 6.61. The van der Waals surface area contributed by atoms with Crippen molar-refractivity contribution in [1.29, 1.82) is 0 Å². The van der Waals surface area contributed by atoms with Crippen molar-refractivity contribution in [3.63, 3.8) is 0 Å². The fourth-order valence-electron chi connectivity index (χ4n) is 3.78. The first-order chi connectivity index (χ1) is 18.4. The minimum absolute atomic E-state index is 0.0323. The van der Waals surface area contributed by atoms with Crippen molar-refractivity contribution in [3.05, 3.63) is 130 Å². The van der Waals surface area contributed by atoms with Gasteiger partial charge in [-0.15, -0.1) is 0 Å². The lowest BCUT2D eigenvalue weighted by atomic mass is 10.0. The Labute approximate surface area is 245 Å². The van der Waals surface area contributed by atoms with Crippen molar-refractivity contribution in [3.8, 4) is 0 Å². The molecule has 0 heterocycles. The van der Waals surface area contributed by atoms with E-state index < -0.39 is 6.17 Å². The molecule has 38 heavy (non-hydrogen) atoms. The van der Waals surface area contributed by atoms with Gasteiger partial charge in [-0.25, -0.2) is 4.99 Å². The standard InChI is InChI=1S/C32H34ClIN4/c1-4-6-7-11-17-30(34)38-32(36-22-24-13-9-8-10-14-24)26-16-12-15-25(20-26)31(35)37-29(5-2)28-21-27(33)19-18-23(28)3/h4,6-16,18-22,30-31H,5,17,35H2,1-3H3/b6-4-,11-7-,36-22?,37-29?,38-32?/t30?,31-/m0/s1. The number of rotatable bonds is 10. The van der Waals surface area contributed by atoms with E-state index in [-0.39, 0.29) is 4.05 Å². The van der Waals surface area contributed by atoms with Gasteiger partial charge in [-0.3, -0.25) is 9.98 Å². The van der Waals surface area contributed by atoms with Crippen LogP contribution >= 0.6 is 34.2 Å². The van der Waals surface area contributed by atoms with Crippen LogP contribution in [0, 0.1) is 6.92 Å². The van der Waals surface area contributed by atoms with Crippen LogP contribution in [-0.2, 0) is 0 Å². The molecule has 6 heteroatoms. The quantitative estimate of drug-likeness (QED) is 0.0594. The Hall–Kier alpha value is -2.87. The molecule has 0 amide bonds. The molecule has 0 saturated carbocycles. The summed E-state index contributed by atoms with van der Waals surface area (Å²) in [4.78, 5) is 14.6. The summed E-state index contributed by atoms with van der Waals surface area (Å²) in [6.45, 7) is 6.14. The molecule has 0 aliphatic carbocycles. The summed E-state index contributed by atoms with van der Waals surface area (Å²) in [5.74, 6) is 0.659. The Bertz CT molecular complexity index is 1340. The van der Waals surface area contributed by atoms with Crippen LogP contribution in [0.4, 0.5) is 0 Å². The monoisotopic (exact) mass is 636 g/mol. The summed E-state index contributed by atoms with van der Waals surface area (Å²) in [5, 5.41) is 0.688. The van der Waals surface area contributed by atoms with Crippen LogP contribution in [0.25, 0.3) is 0 Å². The molecule has 0 radical (unpaired) electrons. The highest BCUT2D eigenvalue weighted by Crippen LogP contribution is 2.22. The highest BCUT2D eigenvalue weighted by molar-refractivity contribution is 14.1. The first-order valence-corrected chi connectivity index (χ1v) is 14.3. The normalized spacial score (nSPS) is 14.6. The van der Waals surface area contributed by atoms with E-state index in [4.69, 9.17) is 32.3 Å². The second-order valence-electron chi connectivity index (χ2n) is 8.70. The van der Waals surface area contributed by atoms with Crippen molar-refractivity contribution >= 4 is 52.0 Å². The number of halogens is 2. The van der Waals surface area contributed by atoms with E-state index in [1.807, 2.05) is 104 Å². The van der Waals surface area contributed by atoms with Crippen LogP contribution in [0.2, 0.25) is 5.02 Å². The van der Waals surface area contributed by atoms with Crippen molar-refractivity contribution in [2.24, 2.45) is 20.7 Å². The van der Waals surface area contributed by atoms with E-state index in [0.29, 0.717) is 10.9 Å². The zero-order valence-corrected chi connectivity index (χ0v) is 25.0. The Morgan fingerprint density at radius 3 is 2.53 bits per heavy atom. The van der Waals surface area contributed by atoms with Gasteiger partial charge in [0.2, 0.25) is 0 Å². The van der Waals surface area contributed by atoms with Crippen LogP contribution in [0.1, 0.15) is 60.7 Å². The van der Waals surface area contributed by atoms with Gasteiger partial charge in [0.1, 0.15) is 10.2 Å². The average Bonchev–Trinajstić information content (AvgIpc) is 2.94. The molecule has 0 aliphatic rings. The van der Waals surface area contributed by atoms with E-state index in [0.717, 1.165) is 46.4 Å². The lowest BCUT2D eigenvalue weighted by Gasteiger charge is -2.14. The Morgan fingerprint density at radius 2 is 1.79 bits per heavy atom. The average molecular weight is 637 g/mol. The third-order valence-electron chi connectivity index (χ3n) is 5.79. The number of nitrogens with zero attached hydrogens (tertiary/aromatic N) is 3. The number of benzene rings is 3. The van der Waals surface area contributed by atoms with Gasteiger partial charge in [-0.05, 0) is 67.1 Å². The summed E-state index contributed by atoms with van der Waals surface area (Å²) in [6.07, 6.45) is 11.1. The van der Waals surface area contributed by atoms with Gasteiger partial charge in [-0.2, -0.15) is 0 Å². The van der Waals surface area contributed by atoms with Crippen LogP contribution in [0.5, 0.6) is 0 Å². The highest BCUT2D eigenvalue weighted by atomic mass is 127. The number of hydrogen-bond donors (Lipinski definition) is 1. The number of hydrogen-bond acceptors (Lipinski definition) is 3. The van der Waals surface area contributed by atoms with Gasteiger partial charge < -0.3 is 5.73 Å². The number of allylic oxidation sites excluding steroid dienone is 3. The first-order valence-electron chi connectivity index (χ1n) is 12.7. The second kappa shape index (κ2) is 15.5. The number of aliphatic imine (C=N–C) groups is 3. The van der Waals surface area contributed by atoms with Gasteiger partial charge in [0.25, 0.3) is 0 Å². The van der Waals surface area contributed by atoms with Crippen LogP contribution in [0.15, 0.2) is 112 Å². The molecule has 0 bridgehead atoms. The lowest BCUT2D eigenvalue weighted by Crippen LogP contribution is -2.13. The molecule has 3 aromatic carbocycles. The van der Waals surface area contributed by atoms with Gasteiger partial charge in [-0.1, -0.05) is 120 Å². The van der Waals surface area contributed by atoms with Crippen LogP contribution in [0.3, 0.4) is 0 Å². The van der Waals surface area contributed by atoms with E-state index in [1.54, 1.807) is 0 Å². The summed E-state index contributed by atoms with van der Waals surface area (Å²) in [5.41, 5.74) is 12.5. The SMILES string of the molecule is C/C=C\C=C/CC(I)N=C(N=Cc1ccccc1)c1cccc([C@@H](N)N=C(CC)c2cc(Cl)ccc2C)c1. The van der Waals surface area contributed by atoms with E-state index in [9.17, 15) is 0 Å². The van der Waals surface area contributed by atoms with E-state index in [1.165, 1.54) is 0 Å². The third-order valence-corrected chi connectivity index (χ3v) is 6.82. The molecule has 3 aromatic rings. The first kappa shape index (κ1) is 29.7. The maximum Gasteiger partial charge on any atom is 0.155 e. The topological polar surface area (TPSA) is 63.1 Å². The molecule has 3 rings (SSSR count). The van der Waals surface area contributed by atoms with Crippen LogP contribution in [-0.4, -0.2) is 21.8 Å². The predicted octanol–water partition coefficient (Wildman–Crippen LogP) is 8.65. The lowest BCUT2D eigenvalue weighted by molar-refractivity contribution is 0.772. The van der Waals surface area contributed by atoms with Crippen LogP contribution < -0.4 is 5.73 Å². The molecule has 0 fully saturated rings. The number of nitrogens with two attached hydrogens (primary N) is 1. The molecular weight excluding hydrogens is 603 g/mol. The summed E-state index contributed by atoms with van der Waals surface area (Å²) in [6, 6.07) is 23.9. The Balaban J connectivity index is 1.95. The smallest absolute Gasteiger partial charge is 0.155 e. The second-order valence-corrected chi connectivity index (χ2v) is 10.6. The summed E-state index contributed by atoms with van der Waals surface area (Å²) >= 11 is 8.62. The number of aryl methyl sites for hydroxylation is 1. The zero-order valence-electron chi connectivity index (χ0n) is 22.1. The molecule has 4 nitrogen and oxygen atoms in total. The van der Waals surface area contributed by atoms with Gasteiger partial charge in [0, 0.05) is 22.5 Å². The number of amidine groups is 1. The molecule has 2 N–H and O–H groups in total. The molecule has 0 spiro atoms. The minimum Gasteiger partial charge on any atom is -0.306 e.